The highest BCUT2D eigenvalue weighted by Crippen LogP contribution is 2.32. The molecule has 2 rings (SSSR count). The minimum Gasteiger partial charge on any atom is -0.454 e. The number of nitrogens with one attached hydrogen (secondary N) is 1. The molecule has 0 saturated carbocycles. The van der Waals surface area contributed by atoms with Gasteiger partial charge in [0.15, 0.2) is 16.6 Å². The highest BCUT2D eigenvalue weighted by atomic mass is 32.1. The molecule has 1 atom stereocenters. The molecule has 0 aromatic heterocycles. The SMILES string of the molecule is C[C@@H](/C=N\NC(N)=S)Cc1ccc2c(c1)OCO2. The maximum atomic E-state index is 5.33. The molecular weight excluding hydrogens is 250 g/mol. The van der Waals surface area contributed by atoms with Gasteiger partial charge in [0.25, 0.3) is 0 Å². The third kappa shape index (κ3) is 3.33. The van der Waals surface area contributed by atoms with Crippen molar-refractivity contribution in [2.45, 2.75) is 13.3 Å². The molecule has 0 unspecified atom stereocenters. The van der Waals surface area contributed by atoms with E-state index in [-0.39, 0.29) is 11.0 Å². The molecule has 1 heterocycles. The first-order valence-electron chi connectivity index (χ1n) is 5.62. The van der Waals surface area contributed by atoms with Crippen LogP contribution < -0.4 is 20.6 Å². The second-order valence-corrected chi connectivity index (χ2v) is 4.56. The number of hydrogen-bond acceptors (Lipinski definition) is 4. The number of thiocarbonyl (C=S) groups is 1. The van der Waals surface area contributed by atoms with Crippen molar-refractivity contribution in [2.24, 2.45) is 16.8 Å². The fourth-order valence-corrected chi connectivity index (χ4v) is 1.77. The van der Waals surface area contributed by atoms with Crippen LogP contribution in [-0.4, -0.2) is 18.1 Å². The Kier molecular flexibility index (Phi) is 3.99. The number of hydrazone groups is 1. The molecule has 1 aromatic carbocycles. The summed E-state index contributed by atoms with van der Waals surface area (Å²) >= 11 is 4.65. The van der Waals surface area contributed by atoms with Crippen LogP contribution in [0.2, 0.25) is 0 Å². The normalized spacial score (nSPS) is 14.7. The lowest BCUT2D eigenvalue weighted by molar-refractivity contribution is 0.174. The number of ether oxygens (including phenoxy) is 2. The van der Waals surface area contributed by atoms with Crippen molar-refractivity contribution in [2.75, 3.05) is 6.79 Å². The average molecular weight is 265 g/mol. The summed E-state index contributed by atoms with van der Waals surface area (Å²) in [4.78, 5) is 0. The Hall–Kier alpha value is -1.82. The molecular formula is C12H15N3O2S. The molecule has 96 valence electrons. The summed E-state index contributed by atoms with van der Waals surface area (Å²) in [5, 5.41) is 4.11. The number of nitrogens with zero attached hydrogens (tertiary/aromatic N) is 1. The van der Waals surface area contributed by atoms with E-state index in [9.17, 15) is 0 Å². The summed E-state index contributed by atoms with van der Waals surface area (Å²) in [6, 6.07) is 5.95. The van der Waals surface area contributed by atoms with E-state index in [1.807, 2.05) is 18.2 Å². The molecule has 0 spiro atoms. The molecule has 1 aliphatic heterocycles. The zero-order valence-electron chi connectivity index (χ0n) is 10.1. The topological polar surface area (TPSA) is 68.9 Å². The molecule has 5 nitrogen and oxygen atoms in total. The van der Waals surface area contributed by atoms with Gasteiger partial charge >= 0.3 is 0 Å². The predicted octanol–water partition coefficient (Wildman–Crippen LogP) is 1.41. The maximum Gasteiger partial charge on any atom is 0.231 e. The zero-order chi connectivity index (χ0) is 13.0. The molecule has 1 aromatic rings. The van der Waals surface area contributed by atoms with Crippen LogP contribution in [0.15, 0.2) is 23.3 Å². The number of rotatable bonds is 4. The fourth-order valence-electron chi connectivity index (χ4n) is 1.72. The number of hydrogen-bond donors (Lipinski definition) is 2. The van der Waals surface area contributed by atoms with Crippen LogP contribution in [0.3, 0.4) is 0 Å². The number of nitrogens with two attached hydrogens (primary N) is 1. The molecule has 0 aliphatic carbocycles. The Balaban J connectivity index is 1.93. The third-order valence-corrected chi connectivity index (χ3v) is 2.59. The van der Waals surface area contributed by atoms with Crippen molar-refractivity contribution in [1.29, 1.82) is 0 Å². The van der Waals surface area contributed by atoms with Crippen LogP contribution in [0.25, 0.3) is 0 Å². The van der Waals surface area contributed by atoms with Gasteiger partial charge in [0.1, 0.15) is 0 Å². The Bertz CT molecular complexity index is 476. The van der Waals surface area contributed by atoms with Crippen LogP contribution in [-0.2, 0) is 6.42 Å². The van der Waals surface area contributed by atoms with Crippen LogP contribution in [0.5, 0.6) is 11.5 Å². The van der Waals surface area contributed by atoms with E-state index in [2.05, 4.69) is 29.7 Å². The standard InChI is InChI=1S/C12H15N3O2S/c1-8(6-14-15-12(13)18)4-9-2-3-10-11(5-9)17-7-16-10/h2-3,5-6,8H,4,7H2,1H3,(H3,13,15,18)/b14-6-/t8-/m1/s1. The van der Waals surface area contributed by atoms with Gasteiger partial charge in [-0.25, -0.2) is 0 Å². The highest BCUT2D eigenvalue weighted by molar-refractivity contribution is 7.80. The van der Waals surface area contributed by atoms with E-state index in [1.54, 1.807) is 6.21 Å². The van der Waals surface area contributed by atoms with Gasteiger partial charge in [-0.3, -0.25) is 5.43 Å². The van der Waals surface area contributed by atoms with E-state index >= 15 is 0 Å². The summed E-state index contributed by atoms with van der Waals surface area (Å²) in [7, 11) is 0. The van der Waals surface area contributed by atoms with Gasteiger partial charge in [0, 0.05) is 6.21 Å². The first-order valence-corrected chi connectivity index (χ1v) is 6.03. The predicted molar refractivity (Wildman–Crippen MR) is 73.8 cm³/mol. The minimum atomic E-state index is 0.168. The summed E-state index contributed by atoms with van der Waals surface area (Å²) in [5.41, 5.74) is 8.98. The van der Waals surface area contributed by atoms with E-state index in [0.29, 0.717) is 6.79 Å². The number of benzene rings is 1. The van der Waals surface area contributed by atoms with E-state index < -0.39 is 0 Å². The molecule has 3 N–H and O–H groups in total. The first kappa shape index (κ1) is 12.6. The second kappa shape index (κ2) is 5.68. The maximum absolute atomic E-state index is 5.33. The van der Waals surface area contributed by atoms with Crippen LogP contribution in [0.1, 0.15) is 12.5 Å². The van der Waals surface area contributed by atoms with Crippen LogP contribution >= 0.6 is 12.2 Å². The molecule has 0 fully saturated rings. The Morgan fingerprint density at radius 1 is 1.56 bits per heavy atom. The van der Waals surface area contributed by atoms with Gasteiger partial charge in [-0.2, -0.15) is 5.10 Å². The molecule has 0 saturated heterocycles. The first-order chi connectivity index (χ1) is 8.65. The van der Waals surface area contributed by atoms with Gasteiger partial charge in [-0.1, -0.05) is 13.0 Å². The smallest absolute Gasteiger partial charge is 0.231 e. The average Bonchev–Trinajstić information content (AvgIpc) is 2.75. The molecule has 0 bridgehead atoms. The van der Waals surface area contributed by atoms with Gasteiger partial charge in [-0.05, 0) is 42.3 Å². The second-order valence-electron chi connectivity index (χ2n) is 4.12. The Morgan fingerprint density at radius 3 is 3.11 bits per heavy atom. The molecule has 6 heteroatoms. The quantitative estimate of drug-likeness (QED) is 0.489. The summed E-state index contributed by atoms with van der Waals surface area (Å²) in [6.45, 7) is 2.36. The molecule has 0 radical (unpaired) electrons. The molecule has 0 amide bonds. The van der Waals surface area contributed by atoms with Crippen LogP contribution in [0, 0.1) is 5.92 Å². The van der Waals surface area contributed by atoms with Crippen molar-refractivity contribution < 1.29 is 9.47 Å². The third-order valence-electron chi connectivity index (χ3n) is 2.50. The van der Waals surface area contributed by atoms with Crippen molar-refractivity contribution >= 4 is 23.5 Å². The van der Waals surface area contributed by atoms with Crippen molar-refractivity contribution in [3.8, 4) is 11.5 Å². The Labute approximate surface area is 111 Å². The Morgan fingerprint density at radius 2 is 2.33 bits per heavy atom. The lowest BCUT2D eigenvalue weighted by Gasteiger charge is -2.06. The summed E-state index contributed by atoms with van der Waals surface area (Å²) in [6.07, 6.45) is 2.64. The van der Waals surface area contributed by atoms with Crippen molar-refractivity contribution in [1.82, 2.24) is 5.43 Å². The number of fused-ring (bicyclic) bond motifs is 1. The van der Waals surface area contributed by atoms with Crippen LogP contribution in [0.4, 0.5) is 0 Å². The monoisotopic (exact) mass is 265 g/mol. The van der Waals surface area contributed by atoms with Gasteiger partial charge in [0.05, 0.1) is 0 Å². The minimum absolute atomic E-state index is 0.168. The van der Waals surface area contributed by atoms with E-state index in [0.717, 1.165) is 17.9 Å². The van der Waals surface area contributed by atoms with Gasteiger partial charge < -0.3 is 15.2 Å². The van der Waals surface area contributed by atoms with Gasteiger partial charge in [0.2, 0.25) is 6.79 Å². The van der Waals surface area contributed by atoms with Gasteiger partial charge in [-0.15, -0.1) is 0 Å². The van der Waals surface area contributed by atoms with Crippen molar-refractivity contribution in [3.05, 3.63) is 23.8 Å². The lowest BCUT2D eigenvalue weighted by atomic mass is 10.0. The fraction of sp³-hybridized carbons (Fsp3) is 0.333. The van der Waals surface area contributed by atoms with E-state index in [4.69, 9.17) is 15.2 Å². The summed E-state index contributed by atoms with van der Waals surface area (Å²) < 4.78 is 10.6. The molecule has 1 aliphatic rings. The lowest BCUT2D eigenvalue weighted by Crippen LogP contribution is -2.24. The zero-order valence-corrected chi connectivity index (χ0v) is 10.9. The largest absolute Gasteiger partial charge is 0.454 e. The summed E-state index contributed by atoms with van der Waals surface area (Å²) in [5.74, 6) is 1.88. The molecule has 18 heavy (non-hydrogen) atoms. The highest BCUT2D eigenvalue weighted by Gasteiger charge is 2.13. The van der Waals surface area contributed by atoms with Crippen molar-refractivity contribution in [3.63, 3.8) is 0 Å². The van der Waals surface area contributed by atoms with E-state index in [1.165, 1.54) is 5.56 Å².